The Morgan fingerprint density at radius 2 is 1.62 bits per heavy atom. The molecule has 0 radical (unpaired) electrons. The largest absolute Gasteiger partial charge is 0.383 e. The highest BCUT2D eigenvalue weighted by Crippen LogP contribution is 2.41. The Morgan fingerprint density at radius 1 is 0.917 bits per heavy atom. The number of hydrogen-bond acceptors (Lipinski definition) is 2. The molecule has 1 fully saturated rings. The Labute approximate surface area is 145 Å². The van der Waals surface area contributed by atoms with Gasteiger partial charge in [-0.3, -0.25) is 0 Å². The van der Waals surface area contributed by atoms with Crippen LogP contribution in [-0.4, -0.2) is 20.3 Å². The third-order valence-corrected chi connectivity index (χ3v) is 5.42. The molecule has 0 atom stereocenters. The second-order valence-corrected chi connectivity index (χ2v) is 7.17. The van der Waals surface area contributed by atoms with Gasteiger partial charge in [0.1, 0.15) is 0 Å². The Balaban J connectivity index is 1.62. The lowest BCUT2D eigenvalue weighted by molar-refractivity contribution is 0.207. The third-order valence-electron chi connectivity index (χ3n) is 5.42. The Hall–Kier alpha value is -1.80. The number of aryl methyl sites for hydroxylation is 2. The highest BCUT2D eigenvalue weighted by Gasteiger charge is 2.23. The summed E-state index contributed by atoms with van der Waals surface area (Å²) in [7, 11) is 1.78. The van der Waals surface area contributed by atoms with Crippen molar-refractivity contribution < 1.29 is 4.74 Å². The van der Waals surface area contributed by atoms with Crippen LogP contribution in [0.4, 0.5) is 11.4 Å². The Morgan fingerprint density at radius 3 is 2.33 bits per heavy atom. The van der Waals surface area contributed by atoms with Gasteiger partial charge in [0, 0.05) is 25.0 Å². The lowest BCUT2D eigenvalue weighted by atomic mass is 9.91. The van der Waals surface area contributed by atoms with Crippen LogP contribution in [0.1, 0.15) is 48.3 Å². The normalized spacial score (nSPS) is 16.7. The fraction of sp³-hybridized carbons (Fsp3) is 0.455. The van der Waals surface area contributed by atoms with Gasteiger partial charge in [0.25, 0.3) is 0 Å². The lowest BCUT2D eigenvalue weighted by Crippen LogP contribution is -2.22. The SMILES string of the molecule is COCCN(c1ccc(C2CC2)cc1)c1ccc2c(c1)CCCC2. The van der Waals surface area contributed by atoms with Crippen molar-refractivity contribution in [2.45, 2.75) is 44.4 Å². The van der Waals surface area contributed by atoms with Gasteiger partial charge >= 0.3 is 0 Å². The van der Waals surface area contributed by atoms with Gasteiger partial charge in [-0.1, -0.05) is 18.2 Å². The maximum absolute atomic E-state index is 5.36. The molecule has 2 aliphatic carbocycles. The summed E-state index contributed by atoms with van der Waals surface area (Å²) in [6.45, 7) is 1.62. The first-order chi connectivity index (χ1) is 11.8. The fourth-order valence-corrected chi connectivity index (χ4v) is 3.82. The molecule has 2 aliphatic rings. The van der Waals surface area contributed by atoms with Gasteiger partial charge in [-0.05, 0) is 85.4 Å². The minimum atomic E-state index is 0.738. The Bertz CT molecular complexity index is 688. The molecule has 1 saturated carbocycles. The maximum Gasteiger partial charge on any atom is 0.0642 e. The zero-order valence-electron chi connectivity index (χ0n) is 14.6. The van der Waals surface area contributed by atoms with Gasteiger partial charge in [0.05, 0.1) is 6.61 Å². The molecule has 0 N–H and O–H groups in total. The second kappa shape index (κ2) is 6.98. The zero-order chi connectivity index (χ0) is 16.4. The van der Waals surface area contributed by atoms with Gasteiger partial charge in [-0.15, -0.1) is 0 Å². The van der Waals surface area contributed by atoms with Crippen molar-refractivity contribution in [3.8, 4) is 0 Å². The molecule has 0 amide bonds. The number of anilines is 2. The minimum absolute atomic E-state index is 0.738. The van der Waals surface area contributed by atoms with Gasteiger partial charge in [-0.2, -0.15) is 0 Å². The quantitative estimate of drug-likeness (QED) is 0.722. The van der Waals surface area contributed by atoms with E-state index in [2.05, 4.69) is 47.4 Å². The molecule has 24 heavy (non-hydrogen) atoms. The summed E-state index contributed by atoms with van der Waals surface area (Å²) < 4.78 is 5.36. The van der Waals surface area contributed by atoms with Crippen LogP contribution < -0.4 is 4.90 Å². The molecular formula is C22H27NO. The van der Waals surface area contributed by atoms with E-state index in [1.807, 2.05) is 0 Å². The first-order valence-corrected chi connectivity index (χ1v) is 9.33. The number of hydrogen-bond donors (Lipinski definition) is 0. The van der Waals surface area contributed by atoms with E-state index in [-0.39, 0.29) is 0 Å². The van der Waals surface area contributed by atoms with E-state index in [0.717, 1.165) is 19.1 Å². The van der Waals surface area contributed by atoms with Crippen LogP contribution >= 0.6 is 0 Å². The number of rotatable bonds is 6. The predicted octanol–water partition coefficient (Wildman–Crippen LogP) is 5.23. The molecule has 0 aromatic heterocycles. The summed E-state index contributed by atoms with van der Waals surface area (Å²) in [5.74, 6) is 0.815. The van der Waals surface area contributed by atoms with Crippen molar-refractivity contribution in [2.24, 2.45) is 0 Å². The maximum atomic E-state index is 5.36. The number of benzene rings is 2. The molecule has 4 rings (SSSR count). The van der Waals surface area contributed by atoms with Gasteiger partial charge in [-0.25, -0.2) is 0 Å². The summed E-state index contributed by atoms with van der Waals surface area (Å²) in [4.78, 5) is 2.40. The molecular weight excluding hydrogens is 294 g/mol. The summed E-state index contributed by atoms with van der Waals surface area (Å²) in [5, 5.41) is 0. The molecule has 0 unspecified atom stereocenters. The van der Waals surface area contributed by atoms with Crippen LogP contribution in [0, 0.1) is 0 Å². The number of nitrogens with zero attached hydrogens (tertiary/aromatic N) is 1. The highest BCUT2D eigenvalue weighted by molar-refractivity contribution is 5.65. The van der Waals surface area contributed by atoms with Crippen LogP contribution in [0.5, 0.6) is 0 Å². The molecule has 0 aliphatic heterocycles. The summed E-state index contributed by atoms with van der Waals surface area (Å²) >= 11 is 0. The molecule has 126 valence electrons. The average molecular weight is 321 g/mol. The van der Waals surface area contributed by atoms with Crippen LogP contribution in [0.2, 0.25) is 0 Å². The van der Waals surface area contributed by atoms with Crippen molar-refractivity contribution in [2.75, 3.05) is 25.2 Å². The van der Waals surface area contributed by atoms with E-state index in [1.165, 1.54) is 61.0 Å². The van der Waals surface area contributed by atoms with Gasteiger partial charge < -0.3 is 9.64 Å². The molecule has 0 saturated heterocycles. The molecule has 2 aromatic rings. The standard InChI is InChI=1S/C22H27NO/c1-24-15-14-23(21-11-8-19(9-12-21)18-6-7-18)22-13-10-17-4-2-3-5-20(17)16-22/h8-13,16,18H,2-7,14-15H2,1H3. The minimum Gasteiger partial charge on any atom is -0.383 e. The number of ether oxygens (including phenoxy) is 1. The van der Waals surface area contributed by atoms with Crippen molar-refractivity contribution in [3.05, 3.63) is 59.2 Å². The van der Waals surface area contributed by atoms with Gasteiger partial charge in [0.15, 0.2) is 0 Å². The summed E-state index contributed by atoms with van der Waals surface area (Å²) in [5.41, 5.74) is 7.14. The predicted molar refractivity (Wildman–Crippen MR) is 100 cm³/mol. The molecule has 2 aromatic carbocycles. The first-order valence-electron chi connectivity index (χ1n) is 9.33. The van der Waals surface area contributed by atoms with E-state index in [1.54, 1.807) is 12.7 Å². The van der Waals surface area contributed by atoms with E-state index in [4.69, 9.17) is 4.74 Å². The van der Waals surface area contributed by atoms with E-state index < -0.39 is 0 Å². The molecule has 0 bridgehead atoms. The fourth-order valence-electron chi connectivity index (χ4n) is 3.82. The van der Waals surface area contributed by atoms with Crippen LogP contribution in [-0.2, 0) is 17.6 Å². The molecule has 0 heterocycles. The van der Waals surface area contributed by atoms with Crippen molar-refractivity contribution >= 4 is 11.4 Å². The first kappa shape index (κ1) is 15.7. The van der Waals surface area contributed by atoms with Crippen molar-refractivity contribution in [1.29, 1.82) is 0 Å². The molecule has 0 spiro atoms. The monoisotopic (exact) mass is 321 g/mol. The number of fused-ring (bicyclic) bond motifs is 1. The smallest absolute Gasteiger partial charge is 0.0642 e. The number of methoxy groups -OCH3 is 1. The third kappa shape index (κ3) is 3.34. The van der Waals surface area contributed by atoms with Crippen molar-refractivity contribution in [3.63, 3.8) is 0 Å². The van der Waals surface area contributed by atoms with E-state index >= 15 is 0 Å². The van der Waals surface area contributed by atoms with Gasteiger partial charge in [0.2, 0.25) is 0 Å². The van der Waals surface area contributed by atoms with E-state index in [0.29, 0.717) is 0 Å². The lowest BCUT2D eigenvalue weighted by Gasteiger charge is -2.27. The van der Waals surface area contributed by atoms with E-state index in [9.17, 15) is 0 Å². The highest BCUT2D eigenvalue weighted by atomic mass is 16.5. The summed E-state index contributed by atoms with van der Waals surface area (Å²) in [6, 6.07) is 16.2. The Kier molecular flexibility index (Phi) is 4.57. The topological polar surface area (TPSA) is 12.5 Å². The average Bonchev–Trinajstić information content (AvgIpc) is 3.48. The van der Waals surface area contributed by atoms with Crippen LogP contribution in [0.15, 0.2) is 42.5 Å². The van der Waals surface area contributed by atoms with Crippen LogP contribution in [0.3, 0.4) is 0 Å². The zero-order valence-corrected chi connectivity index (χ0v) is 14.6. The molecule has 2 heteroatoms. The second-order valence-electron chi connectivity index (χ2n) is 7.17. The summed E-state index contributed by atoms with van der Waals surface area (Å²) in [6.07, 6.45) is 7.84. The van der Waals surface area contributed by atoms with Crippen LogP contribution in [0.25, 0.3) is 0 Å². The molecule has 2 nitrogen and oxygen atoms in total. The van der Waals surface area contributed by atoms with Crippen molar-refractivity contribution in [1.82, 2.24) is 0 Å².